The first-order valence-electron chi connectivity index (χ1n) is 6.16. The van der Waals surface area contributed by atoms with E-state index in [4.69, 9.17) is 21.1 Å². The third kappa shape index (κ3) is 5.09. The maximum Gasteiger partial charge on any atom is 0.261 e. The van der Waals surface area contributed by atoms with Crippen LogP contribution in [0.3, 0.4) is 0 Å². The zero-order valence-corrected chi connectivity index (χ0v) is 12.5. The number of amides is 1. The highest BCUT2D eigenvalue weighted by molar-refractivity contribution is 6.30. The number of hydrogen-bond acceptors (Lipinski definition) is 3. The predicted octanol–water partition coefficient (Wildman–Crippen LogP) is 2.57. The summed E-state index contributed by atoms with van der Waals surface area (Å²) in [6.07, 6.45) is -0.570. The van der Waals surface area contributed by atoms with Crippen molar-refractivity contribution < 1.29 is 14.3 Å². The van der Waals surface area contributed by atoms with Gasteiger partial charge in [0, 0.05) is 18.2 Å². The van der Waals surface area contributed by atoms with Crippen LogP contribution in [0.2, 0.25) is 5.02 Å². The minimum atomic E-state index is -0.570. The molecule has 0 spiro atoms. The molecule has 0 aliphatic rings. The molecule has 0 saturated heterocycles. The van der Waals surface area contributed by atoms with Gasteiger partial charge in [0.2, 0.25) is 0 Å². The molecule has 0 saturated carbocycles. The Morgan fingerprint density at radius 2 is 2.11 bits per heavy atom. The fraction of sp³-hybridized carbons (Fsp3) is 0.500. The molecule has 1 amide bonds. The highest BCUT2D eigenvalue weighted by atomic mass is 35.5. The number of halogens is 1. The van der Waals surface area contributed by atoms with Crippen LogP contribution in [0, 0.1) is 6.92 Å². The number of nitrogens with one attached hydrogen (secondary N) is 1. The van der Waals surface area contributed by atoms with Crippen molar-refractivity contribution in [2.45, 2.75) is 32.9 Å². The number of hydrogen-bond donors (Lipinski definition) is 1. The van der Waals surface area contributed by atoms with E-state index in [1.165, 1.54) is 0 Å². The normalized spacial score (nSPS) is 13.7. The van der Waals surface area contributed by atoms with Crippen LogP contribution in [0.4, 0.5) is 0 Å². The molecule has 0 heterocycles. The lowest BCUT2D eigenvalue weighted by atomic mass is 10.2. The van der Waals surface area contributed by atoms with E-state index in [9.17, 15) is 4.79 Å². The molecule has 0 aromatic heterocycles. The summed E-state index contributed by atoms with van der Waals surface area (Å²) in [7, 11) is 1.60. The second kappa shape index (κ2) is 7.36. The smallest absolute Gasteiger partial charge is 0.261 e. The number of carbonyl (C=O) groups is 1. The van der Waals surface area contributed by atoms with Crippen LogP contribution in [0.25, 0.3) is 0 Å². The van der Waals surface area contributed by atoms with Crippen molar-refractivity contribution in [1.82, 2.24) is 5.32 Å². The molecule has 1 rings (SSSR count). The van der Waals surface area contributed by atoms with Crippen LogP contribution in [-0.4, -0.2) is 31.8 Å². The Hall–Kier alpha value is -1.26. The summed E-state index contributed by atoms with van der Waals surface area (Å²) in [5.74, 6) is 0.491. The first-order valence-corrected chi connectivity index (χ1v) is 6.54. The first-order chi connectivity index (χ1) is 8.93. The fourth-order valence-corrected chi connectivity index (χ4v) is 1.87. The van der Waals surface area contributed by atoms with Gasteiger partial charge in [0.05, 0.1) is 6.61 Å². The lowest BCUT2D eigenvalue weighted by molar-refractivity contribution is -0.128. The minimum absolute atomic E-state index is 0.0464. The molecule has 0 aliphatic carbocycles. The summed E-state index contributed by atoms with van der Waals surface area (Å²) < 4.78 is 10.6. The first kappa shape index (κ1) is 15.8. The molecule has 1 N–H and O–H groups in total. The molecule has 0 fully saturated rings. The van der Waals surface area contributed by atoms with E-state index < -0.39 is 6.10 Å². The number of methoxy groups -OCH3 is 1. The van der Waals surface area contributed by atoms with Crippen LogP contribution < -0.4 is 10.1 Å². The quantitative estimate of drug-likeness (QED) is 0.874. The predicted molar refractivity (Wildman–Crippen MR) is 75.8 cm³/mol. The number of rotatable bonds is 6. The third-order valence-electron chi connectivity index (χ3n) is 2.62. The average Bonchev–Trinajstić information content (AvgIpc) is 2.32. The van der Waals surface area contributed by atoms with Gasteiger partial charge in [0.25, 0.3) is 5.91 Å². The highest BCUT2D eigenvalue weighted by Crippen LogP contribution is 2.22. The van der Waals surface area contributed by atoms with Gasteiger partial charge in [-0.25, -0.2) is 0 Å². The Kier molecular flexibility index (Phi) is 6.12. The summed E-state index contributed by atoms with van der Waals surface area (Å²) in [6.45, 7) is 5.95. The largest absolute Gasteiger partial charge is 0.481 e. The van der Waals surface area contributed by atoms with Gasteiger partial charge in [-0.3, -0.25) is 4.79 Å². The molecule has 2 unspecified atom stereocenters. The van der Waals surface area contributed by atoms with Crippen molar-refractivity contribution in [2.75, 3.05) is 13.7 Å². The highest BCUT2D eigenvalue weighted by Gasteiger charge is 2.17. The second-order valence-electron chi connectivity index (χ2n) is 4.53. The lowest BCUT2D eigenvalue weighted by Gasteiger charge is -2.19. The van der Waals surface area contributed by atoms with Crippen LogP contribution in [0.1, 0.15) is 19.4 Å². The van der Waals surface area contributed by atoms with Crippen molar-refractivity contribution in [1.29, 1.82) is 0 Å². The van der Waals surface area contributed by atoms with E-state index in [0.717, 1.165) is 5.56 Å². The minimum Gasteiger partial charge on any atom is -0.481 e. The van der Waals surface area contributed by atoms with Crippen LogP contribution in [0.15, 0.2) is 18.2 Å². The van der Waals surface area contributed by atoms with E-state index >= 15 is 0 Å². The number of aryl methyl sites for hydroxylation is 1. The third-order valence-corrected chi connectivity index (χ3v) is 2.85. The van der Waals surface area contributed by atoms with Crippen molar-refractivity contribution in [3.8, 4) is 5.75 Å². The van der Waals surface area contributed by atoms with Gasteiger partial charge in [-0.15, -0.1) is 0 Å². The Labute approximate surface area is 119 Å². The Morgan fingerprint density at radius 1 is 1.42 bits per heavy atom. The molecule has 0 bridgehead atoms. The van der Waals surface area contributed by atoms with Crippen molar-refractivity contribution in [3.63, 3.8) is 0 Å². The zero-order chi connectivity index (χ0) is 14.4. The van der Waals surface area contributed by atoms with Gasteiger partial charge >= 0.3 is 0 Å². The molecule has 19 heavy (non-hydrogen) atoms. The van der Waals surface area contributed by atoms with Gasteiger partial charge in [-0.2, -0.15) is 0 Å². The molecule has 4 nitrogen and oxygen atoms in total. The molecule has 1 aromatic carbocycles. The maximum atomic E-state index is 11.9. The molecular weight excluding hydrogens is 266 g/mol. The number of carbonyl (C=O) groups excluding carboxylic acids is 1. The molecule has 0 aliphatic heterocycles. The van der Waals surface area contributed by atoms with Crippen LogP contribution in [-0.2, 0) is 9.53 Å². The fourth-order valence-electron chi connectivity index (χ4n) is 1.64. The Morgan fingerprint density at radius 3 is 2.68 bits per heavy atom. The topological polar surface area (TPSA) is 47.6 Å². The van der Waals surface area contributed by atoms with E-state index in [-0.39, 0.29) is 11.9 Å². The summed E-state index contributed by atoms with van der Waals surface area (Å²) in [6, 6.07) is 5.26. The summed E-state index contributed by atoms with van der Waals surface area (Å²) in [4.78, 5) is 11.9. The van der Waals surface area contributed by atoms with Crippen molar-refractivity contribution in [3.05, 3.63) is 28.8 Å². The Bertz CT molecular complexity index is 437. The van der Waals surface area contributed by atoms with E-state index in [1.54, 1.807) is 32.2 Å². The molecule has 2 atom stereocenters. The van der Waals surface area contributed by atoms with Crippen molar-refractivity contribution >= 4 is 17.5 Å². The van der Waals surface area contributed by atoms with Gasteiger partial charge in [0.15, 0.2) is 6.10 Å². The van der Waals surface area contributed by atoms with Crippen molar-refractivity contribution in [2.24, 2.45) is 0 Å². The average molecular weight is 286 g/mol. The summed E-state index contributed by atoms with van der Waals surface area (Å²) in [5.41, 5.74) is 0.900. The molecule has 1 aromatic rings. The standard InChI is InChI=1S/C14H20ClNO3/c1-9-7-12(15)5-6-13(9)19-11(3)14(17)16-10(2)8-18-4/h5-7,10-11H,8H2,1-4H3,(H,16,17). The number of benzene rings is 1. The van der Waals surface area contributed by atoms with Gasteiger partial charge in [-0.1, -0.05) is 11.6 Å². The van der Waals surface area contributed by atoms with E-state index in [2.05, 4.69) is 5.32 Å². The lowest BCUT2D eigenvalue weighted by Crippen LogP contribution is -2.43. The Balaban J connectivity index is 2.58. The SMILES string of the molecule is COCC(C)NC(=O)C(C)Oc1ccc(Cl)cc1C. The summed E-state index contributed by atoms with van der Waals surface area (Å²) >= 11 is 5.87. The molecular formula is C14H20ClNO3. The second-order valence-corrected chi connectivity index (χ2v) is 4.97. The van der Waals surface area contributed by atoms with E-state index in [1.807, 2.05) is 13.8 Å². The molecule has 5 heteroatoms. The molecule has 106 valence electrons. The number of ether oxygens (including phenoxy) is 2. The molecule has 0 radical (unpaired) electrons. The van der Waals surface area contributed by atoms with Gasteiger partial charge in [-0.05, 0) is 44.5 Å². The maximum absolute atomic E-state index is 11.9. The summed E-state index contributed by atoms with van der Waals surface area (Å²) in [5, 5.41) is 3.47. The zero-order valence-electron chi connectivity index (χ0n) is 11.7. The van der Waals surface area contributed by atoms with Gasteiger partial charge in [0.1, 0.15) is 5.75 Å². The van der Waals surface area contributed by atoms with Crippen LogP contribution in [0.5, 0.6) is 5.75 Å². The monoisotopic (exact) mass is 285 g/mol. The van der Waals surface area contributed by atoms with Gasteiger partial charge < -0.3 is 14.8 Å². The van der Waals surface area contributed by atoms with E-state index in [0.29, 0.717) is 17.4 Å². The van der Waals surface area contributed by atoms with Crippen LogP contribution >= 0.6 is 11.6 Å².